The molecule has 1 N–H and O–H groups in total. The molecular weight excluding hydrogens is 236 g/mol. The van der Waals surface area contributed by atoms with Crippen molar-refractivity contribution in [1.29, 1.82) is 0 Å². The number of benzene rings is 1. The second-order valence-corrected chi connectivity index (χ2v) is 3.78. The number of ketones is 1. The van der Waals surface area contributed by atoms with Crippen LogP contribution < -0.4 is 0 Å². The van der Waals surface area contributed by atoms with E-state index in [-0.39, 0.29) is 29.9 Å². The molecule has 1 rings (SSSR count). The lowest BCUT2D eigenvalue weighted by atomic mass is 10.00. The SMILES string of the molecule is CCOC(=O)c1cc(C(=O)O)ccc1CC(C)=O. The number of rotatable bonds is 5. The molecule has 0 fully saturated rings. The lowest BCUT2D eigenvalue weighted by Gasteiger charge is -2.08. The molecule has 0 atom stereocenters. The molecule has 0 bridgehead atoms. The molecule has 0 saturated heterocycles. The molecule has 0 aliphatic heterocycles. The van der Waals surface area contributed by atoms with Crippen molar-refractivity contribution in [3.05, 3.63) is 34.9 Å². The number of hydrogen-bond acceptors (Lipinski definition) is 4. The van der Waals surface area contributed by atoms with E-state index in [0.29, 0.717) is 5.56 Å². The van der Waals surface area contributed by atoms with Gasteiger partial charge < -0.3 is 9.84 Å². The molecule has 0 heterocycles. The van der Waals surface area contributed by atoms with Crippen LogP contribution in [0.15, 0.2) is 18.2 Å². The van der Waals surface area contributed by atoms with Crippen LogP contribution in [-0.2, 0) is 16.0 Å². The second-order valence-electron chi connectivity index (χ2n) is 3.78. The van der Waals surface area contributed by atoms with Crippen LogP contribution in [0.1, 0.15) is 40.1 Å². The lowest BCUT2D eigenvalue weighted by Crippen LogP contribution is -2.12. The van der Waals surface area contributed by atoms with Crippen molar-refractivity contribution in [2.75, 3.05) is 6.61 Å². The van der Waals surface area contributed by atoms with Gasteiger partial charge in [0.05, 0.1) is 17.7 Å². The molecule has 1 aromatic carbocycles. The van der Waals surface area contributed by atoms with E-state index in [1.54, 1.807) is 6.92 Å². The van der Waals surface area contributed by atoms with Crippen molar-refractivity contribution in [3.8, 4) is 0 Å². The molecule has 0 saturated carbocycles. The van der Waals surface area contributed by atoms with Gasteiger partial charge in [0.2, 0.25) is 0 Å². The smallest absolute Gasteiger partial charge is 0.338 e. The first kappa shape index (κ1) is 13.9. The minimum atomic E-state index is -1.13. The fourth-order valence-corrected chi connectivity index (χ4v) is 1.53. The number of aromatic carboxylic acids is 1. The van der Waals surface area contributed by atoms with E-state index in [4.69, 9.17) is 9.84 Å². The van der Waals surface area contributed by atoms with Gasteiger partial charge in [-0.05, 0) is 31.5 Å². The van der Waals surface area contributed by atoms with E-state index >= 15 is 0 Å². The Morgan fingerprint density at radius 3 is 2.44 bits per heavy atom. The van der Waals surface area contributed by atoms with E-state index in [0.717, 1.165) is 0 Å². The van der Waals surface area contributed by atoms with Crippen molar-refractivity contribution in [3.63, 3.8) is 0 Å². The maximum absolute atomic E-state index is 11.7. The molecule has 1 aromatic rings. The highest BCUT2D eigenvalue weighted by molar-refractivity contribution is 5.97. The maximum atomic E-state index is 11.7. The Labute approximate surface area is 104 Å². The van der Waals surface area contributed by atoms with Crippen LogP contribution in [0.5, 0.6) is 0 Å². The molecule has 0 aromatic heterocycles. The first-order chi connectivity index (χ1) is 8.45. The Morgan fingerprint density at radius 1 is 1.28 bits per heavy atom. The summed E-state index contributed by atoms with van der Waals surface area (Å²) < 4.78 is 4.84. The van der Waals surface area contributed by atoms with Crippen molar-refractivity contribution in [1.82, 2.24) is 0 Å². The highest BCUT2D eigenvalue weighted by atomic mass is 16.5. The highest BCUT2D eigenvalue weighted by Crippen LogP contribution is 2.15. The fraction of sp³-hybridized carbons (Fsp3) is 0.308. The minimum absolute atomic E-state index is 0.00893. The van der Waals surface area contributed by atoms with Crippen molar-refractivity contribution in [2.24, 2.45) is 0 Å². The molecule has 0 aliphatic rings. The van der Waals surface area contributed by atoms with Crippen molar-refractivity contribution < 1.29 is 24.2 Å². The van der Waals surface area contributed by atoms with Gasteiger partial charge in [-0.3, -0.25) is 4.79 Å². The van der Waals surface area contributed by atoms with Gasteiger partial charge in [-0.1, -0.05) is 6.07 Å². The van der Waals surface area contributed by atoms with Crippen LogP contribution in [0, 0.1) is 0 Å². The summed E-state index contributed by atoms with van der Waals surface area (Å²) in [5, 5.41) is 8.87. The summed E-state index contributed by atoms with van der Waals surface area (Å²) in [6, 6.07) is 4.07. The summed E-state index contributed by atoms with van der Waals surface area (Å²) >= 11 is 0. The van der Waals surface area contributed by atoms with Crippen molar-refractivity contribution >= 4 is 17.7 Å². The molecule has 5 heteroatoms. The first-order valence-corrected chi connectivity index (χ1v) is 5.48. The Balaban J connectivity index is 3.21. The van der Waals surface area contributed by atoms with Gasteiger partial charge >= 0.3 is 11.9 Å². The maximum Gasteiger partial charge on any atom is 0.338 e. The van der Waals surface area contributed by atoms with Crippen LogP contribution in [0.2, 0.25) is 0 Å². The number of esters is 1. The molecule has 5 nitrogen and oxygen atoms in total. The third-order valence-corrected chi connectivity index (χ3v) is 2.29. The third-order valence-electron chi connectivity index (χ3n) is 2.29. The van der Waals surface area contributed by atoms with Crippen LogP contribution in [-0.4, -0.2) is 29.4 Å². The minimum Gasteiger partial charge on any atom is -0.478 e. The van der Waals surface area contributed by atoms with Crippen LogP contribution >= 0.6 is 0 Å². The number of Topliss-reactive ketones (excluding diaryl/α,β-unsaturated/α-hetero) is 1. The number of ether oxygens (including phenoxy) is 1. The van der Waals surface area contributed by atoms with Gasteiger partial charge in [0, 0.05) is 6.42 Å². The van der Waals surface area contributed by atoms with Gasteiger partial charge in [-0.25, -0.2) is 9.59 Å². The average molecular weight is 250 g/mol. The molecule has 0 unspecified atom stereocenters. The average Bonchev–Trinajstić information content (AvgIpc) is 2.28. The number of carbonyl (C=O) groups is 3. The number of hydrogen-bond donors (Lipinski definition) is 1. The monoisotopic (exact) mass is 250 g/mol. The quantitative estimate of drug-likeness (QED) is 0.804. The second kappa shape index (κ2) is 5.95. The Morgan fingerprint density at radius 2 is 1.94 bits per heavy atom. The number of carbonyl (C=O) groups excluding carboxylic acids is 2. The molecule has 0 spiro atoms. The summed E-state index contributed by atoms with van der Waals surface area (Å²) in [6.07, 6.45) is 0.0774. The van der Waals surface area contributed by atoms with Gasteiger partial charge in [0.25, 0.3) is 0 Å². The fourth-order valence-electron chi connectivity index (χ4n) is 1.53. The van der Waals surface area contributed by atoms with Gasteiger partial charge in [0.15, 0.2) is 0 Å². The molecule has 0 amide bonds. The summed E-state index contributed by atoms with van der Waals surface area (Å²) in [7, 11) is 0. The Bertz CT molecular complexity index is 490. The largest absolute Gasteiger partial charge is 0.478 e. The zero-order chi connectivity index (χ0) is 13.7. The van der Waals surface area contributed by atoms with Gasteiger partial charge in [0.1, 0.15) is 5.78 Å². The summed E-state index contributed by atoms with van der Waals surface area (Å²) in [5.41, 5.74) is 0.600. The topological polar surface area (TPSA) is 80.7 Å². The number of carboxylic acids is 1. The zero-order valence-electron chi connectivity index (χ0n) is 10.2. The van der Waals surface area contributed by atoms with Crippen LogP contribution in [0.3, 0.4) is 0 Å². The lowest BCUT2D eigenvalue weighted by molar-refractivity contribution is -0.116. The Kier molecular flexibility index (Phi) is 4.59. The van der Waals surface area contributed by atoms with Crippen LogP contribution in [0.25, 0.3) is 0 Å². The summed E-state index contributed by atoms with van der Waals surface area (Å²) in [4.78, 5) is 33.6. The van der Waals surface area contributed by atoms with E-state index in [1.165, 1.54) is 25.1 Å². The first-order valence-electron chi connectivity index (χ1n) is 5.48. The van der Waals surface area contributed by atoms with Crippen LogP contribution in [0.4, 0.5) is 0 Å². The molecule has 0 radical (unpaired) electrons. The summed E-state index contributed by atoms with van der Waals surface area (Å²) in [5.74, 6) is -1.85. The third kappa shape index (κ3) is 3.41. The predicted octanol–water partition coefficient (Wildman–Crippen LogP) is 1.69. The van der Waals surface area contributed by atoms with E-state index in [2.05, 4.69) is 0 Å². The van der Waals surface area contributed by atoms with E-state index in [1.807, 2.05) is 0 Å². The van der Waals surface area contributed by atoms with Gasteiger partial charge in [-0.2, -0.15) is 0 Å². The number of carboxylic acid groups (broad SMARTS) is 1. The predicted molar refractivity (Wildman–Crippen MR) is 63.7 cm³/mol. The normalized spacial score (nSPS) is 9.89. The van der Waals surface area contributed by atoms with Gasteiger partial charge in [-0.15, -0.1) is 0 Å². The highest BCUT2D eigenvalue weighted by Gasteiger charge is 2.16. The van der Waals surface area contributed by atoms with Crippen molar-refractivity contribution in [2.45, 2.75) is 20.3 Å². The molecule has 96 valence electrons. The standard InChI is InChI=1S/C13H14O5/c1-3-18-13(17)11-7-10(12(15)16)5-4-9(11)6-8(2)14/h4-5,7H,3,6H2,1-2H3,(H,15,16). The Hall–Kier alpha value is -2.17. The molecule has 18 heavy (non-hydrogen) atoms. The molecular formula is C13H14O5. The van der Waals surface area contributed by atoms with E-state index in [9.17, 15) is 14.4 Å². The molecule has 0 aliphatic carbocycles. The zero-order valence-corrected chi connectivity index (χ0v) is 10.2. The van der Waals surface area contributed by atoms with E-state index < -0.39 is 11.9 Å². The summed E-state index contributed by atoms with van der Waals surface area (Å²) in [6.45, 7) is 3.25.